The number of fused-ring (bicyclic) bond motifs is 8. The molecule has 0 radical (unpaired) electrons. The monoisotopic (exact) mass is 642 g/mol. The van der Waals surface area contributed by atoms with Gasteiger partial charge in [-0.2, -0.15) is 0 Å². The third-order valence-corrected chi connectivity index (χ3v) is 9.03. The van der Waals surface area contributed by atoms with E-state index in [2.05, 4.69) is 13.2 Å². The largest absolute Gasteiger partial charge is 2.00 e. The first-order valence-electron chi connectivity index (χ1n) is 14.6. The van der Waals surface area contributed by atoms with E-state index in [1.165, 1.54) is 13.2 Å². The molecule has 236 valence electrons. The molecule has 2 N–H and O–H groups in total. The summed E-state index contributed by atoms with van der Waals surface area (Å²) in [5.74, 6) is -3.51. The van der Waals surface area contributed by atoms with Gasteiger partial charge in [0, 0.05) is 34.6 Å². The van der Waals surface area contributed by atoms with Gasteiger partial charge in [-0.25, -0.2) is 9.78 Å². The maximum absolute atomic E-state index is 13.9. The molecule has 0 unspecified atom stereocenters. The summed E-state index contributed by atoms with van der Waals surface area (Å²) in [7, 11) is 1.18. The Bertz CT molecular complexity index is 2120. The van der Waals surface area contributed by atoms with Crippen LogP contribution < -0.4 is 20.2 Å². The summed E-state index contributed by atoms with van der Waals surface area (Å²) < 4.78 is 5.03. The Kier molecular flexibility index (Phi) is 9.08. The van der Waals surface area contributed by atoms with E-state index < -0.39 is 29.9 Å². The number of carbonyl (C=O) groups excluding carboxylic acids is 2. The number of aromatic nitrogens is 4. The molecule has 0 amide bonds. The number of hydrogen-bond acceptors (Lipinski definition) is 9. The minimum atomic E-state index is -1.89. The summed E-state index contributed by atoms with van der Waals surface area (Å²) in [5, 5.41) is 46.3. The number of allylic oxidation sites excluding steroid dienone is 2. The van der Waals surface area contributed by atoms with E-state index in [-0.39, 0.29) is 75.3 Å². The molecule has 0 saturated heterocycles. The van der Waals surface area contributed by atoms with E-state index in [4.69, 9.17) is 24.7 Å². The van der Waals surface area contributed by atoms with Crippen molar-refractivity contribution in [2.45, 2.75) is 51.7 Å². The van der Waals surface area contributed by atoms with Crippen molar-refractivity contribution < 1.29 is 34.8 Å². The molecule has 47 heavy (non-hydrogen) atoms. The summed E-state index contributed by atoms with van der Waals surface area (Å²) in [6, 6.07) is 5.05. The standard InChI is InChI=1S/C35H34N4O7.Mg/c1-7-17-14(3)20-11-21-15(4)19(9-10-26(40)41)31(38-21)29-30(35(45)46-6)33(42)27-16(5)22(39-32(27)29)12-24-18(8-2)28(34(43)44)25(37-24)13-23(17)36-20;/h7-8,11-13,15,19,34,43-44H,1-2,9-10H2,3-6H3,(H4,36,37,38,39,40,41,42,45);/q;+2/p-4/t15-,19-;/m0./s1. The van der Waals surface area contributed by atoms with Gasteiger partial charge < -0.3 is 39.9 Å². The minimum absolute atomic E-state index is 0. The van der Waals surface area contributed by atoms with Crippen LogP contribution in [0.25, 0.3) is 50.6 Å². The van der Waals surface area contributed by atoms with Crippen molar-refractivity contribution in [3.05, 3.63) is 88.0 Å². The number of rotatable bonds is 7. The summed E-state index contributed by atoms with van der Waals surface area (Å²) >= 11 is 0. The number of methoxy groups -OCH3 is 1. The van der Waals surface area contributed by atoms with Gasteiger partial charge in [-0.15, -0.1) is 22.1 Å². The van der Waals surface area contributed by atoms with Crippen molar-refractivity contribution in [3.63, 3.8) is 0 Å². The van der Waals surface area contributed by atoms with Gasteiger partial charge in [0.05, 0.1) is 29.8 Å². The van der Waals surface area contributed by atoms with Crippen molar-refractivity contribution in [2.75, 3.05) is 7.11 Å². The van der Waals surface area contributed by atoms with Gasteiger partial charge in [-0.05, 0) is 43.4 Å². The van der Waals surface area contributed by atoms with Crippen LogP contribution in [-0.2, 0) is 14.3 Å². The van der Waals surface area contributed by atoms with E-state index in [9.17, 15) is 30.0 Å². The van der Waals surface area contributed by atoms with E-state index in [1.54, 1.807) is 31.2 Å². The van der Waals surface area contributed by atoms with Gasteiger partial charge in [0.25, 0.3) is 0 Å². The van der Waals surface area contributed by atoms with Crippen molar-refractivity contribution >= 4 is 85.6 Å². The zero-order valence-electron chi connectivity index (χ0n) is 26.4. The zero-order chi connectivity index (χ0) is 33.2. The molecule has 0 fully saturated rings. The van der Waals surface area contributed by atoms with Crippen molar-refractivity contribution in [3.8, 4) is 0 Å². The molecular formula is C35H30MgN4O7-2. The number of aliphatic carboxylic acids is 1. The fraction of sp³-hybridized carbons (Fsp3) is 0.257. The number of aliphatic hydroxyl groups is 2. The number of hydrogen-bond donors (Lipinski definition) is 2. The van der Waals surface area contributed by atoms with Crippen LogP contribution in [0.2, 0.25) is 0 Å². The summed E-state index contributed by atoms with van der Waals surface area (Å²) in [4.78, 5) is 44.0. The second-order valence-electron chi connectivity index (χ2n) is 11.5. The van der Waals surface area contributed by atoms with Crippen LogP contribution in [0.3, 0.4) is 0 Å². The minimum Gasteiger partial charge on any atom is -0.871 e. The SMILES string of the molecule is C=CC1=C(C(O)O)c2cc3[n-]c(cc4nc(c5c6[n-]c(cc1n2)c(C)c6C([O-])=C5C(=O)OC)[C@@H](CCC(=O)[O-])[C@@H]4C)c(C)c3C=C.[Mg+2]. The molecule has 1 aliphatic carbocycles. The molecule has 11 nitrogen and oxygen atoms in total. The van der Waals surface area contributed by atoms with Gasteiger partial charge in [0.2, 0.25) is 0 Å². The Balaban J connectivity index is 0.00000433. The van der Waals surface area contributed by atoms with Crippen LogP contribution in [0, 0.1) is 13.8 Å². The van der Waals surface area contributed by atoms with Crippen molar-refractivity contribution in [1.82, 2.24) is 19.9 Å². The maximum atomic E-state index is 13.9. The number of carbonyl (C=O) groups is 2. The van der Waals surface area contributed by atoms with E-state index >= 15 is 0 Å². The summed E-state index contributed by atoms with van der Waals surface area (Å²) in [6.45, 7) is 13.3. The Morgan fingerprint density at radius 3 is 2.32 bits per heavy atom. The molecule has 2 aliphatic heterocycles. The van der Waals surface area contributed by atoms with E-state index in [0.717, 1.165) is 5.56 Å². The summed E-state index contributed by atoms with van der Waals surface area (Å²) in [5.41, 5.74) is 5.73. The molecule has 8 bridgehead atoms. The molecule has 12 heteroatoms. The van der Waals surface area contributed by atoms with Crippen molar-refractivity contribution in [2.24, 2.45) is 0 Å². The number of aliphatic hydroxyl groups excluding tert-OH is 1. The van der Waals surface area contributed by atoms with Crippen LogP contribution in [-0.4, -0.2) is 68.6 Å². The van der Waals surface area contributed by atoms with Crippen LogP contribution in [0.4, 0.5) is 0 Å². The fourth-order valence-electron chi connectivity index (χ4n) is 6.64. The Labute approximate surface area is 286 Å². The topological polar surface area (TPSA) is 184 Å². The zero-order valence-corrected chi connectivity index (χ0v) is 27.8. The number of aryl methyl sites for hydroxylation is 2. The summed E-state index contributed by atoms with van der Waals surface area (Å²) in [6.07, 6.45) is 1.09. The number of esters is 1. The van der Waals surface area contributed by atoms with Gasteiger partial charge in [0.15, 0.2) is 6.29 Å². The number of ether oxygens (including phenoxy) is 1. The first kappa shape index (κ1) is 33.9. The molecule has 3 aromatic heterocycles. The van der Waals surface area contributed by atoms with Gasteiger partial charge in [0.1, 0.15) is 0 Å². The van der Waals surface area contributed by atoms with Crippen LogP contribution in [0.1, 0.15) is 82.2 Å². The second kappa shape index (κ2) is 12.6. The predicted octanol–water partition coefficient (Wildman–Crippen LogP) is 1.99. The predicted molar refractivity (Wildman–Crippen MR) is 174 cm³/mol. The number of carboxylic acid groups (broad SMARTS) is 1. The quantitative estimate of drug-likeness (QED) is 0.218. The van der Waals surface area contributed by atoms with Crippen LogP contribution >= 0.6 is 0 Å². The molecule has 2 atom stereocenters. The third kappa shape index (κ3) is 5.30. The first-order valence-corrected chi connectivity index (χ1v) is 14.6. The van der Waals surface area contributed by atoms with Crippen LogP contribution in [0.5, 0.6) is 0 Å². The smallest absolute Gasteiger partial charge is 0.871 e. The molecule has 0 saturated carbocycles. The Morgan fingerprint density at radius 2 is 1.70 bits per heavy atom. The molecule has 3 aromatic rings. The van der Waals surface area contributed by atoms with Gasteiger partial charge in [-0.3, -0.25) is 4.98 Å². The molecule has 0 aromatic carbocycles. The van der Waals surface area contributed by atoms with Gasteiger partial charge in [-0.1, -0.05) is 67.3 Å². The second-order valence-corrected chi connectivity index (χ2v) is 11.5. The van der Waals surface area contributed by atoms with E-state index in [0.29, 0.717) is 50.3 Å². The molecular weight excluding hydrogens is 613 g/mol. The van der Waals surface area contributed by atoms with Crippen molar-refractivity contribution in [1.29, 1.82) is 0 Å². The van der Waals surface area contributed by atoms with Gasteiger partial charge >= 0.3 is 29.0 Å². The van der Waals surface area contributed by atoms with E-state index in [1.807, 2.05) is 13.8 Å². The third-order valence-electron chi connectivity index (χ3n) is 9.03. The fourth-order valence-corrected chi connectivity index (χ4v) is 6.64. The molecule has 3 aliphatic rings. The average molecular weight is 643 g/mol. The van der Waals surface area contributed by atoms with Crippen LogP contribution in [0.15, 0.2) is 37.4 Å². The molecule has 0 spiro atoms. The number of nitrogens with zero attached hydrogens (tertiary/aromatic N) is 4. The maximum Gasteiger partial charge on any atom is 2.00 e. The average Bonchev–Trinajstić information content (AvgIpc) is 3.76. The Morgan fingerprint density at radius 1 is 1.02 bits per heavy atom. The Hall–Kier alpha value is -4.49. The first-order chi connectivity index (χ1) is 21.9. The molecule has 5 heterocycles. The number of carboxylic acids is 1. The normalized spacial score (nSPS) is 16.8. The molecule has 6 rings (SSSR count).